The summed E-state index contributed by atoms with van der Waals surface area (Å²) in [5, 5.41) is 0. The van der Waals surface area contributed by atoms with Crippen molar-refractivity contribution in [1.82, 2.24) is 4.90 Å². The van der Waals surface area contributed by atoms with Gasteiger partial charge in [-0.25, -0.2) is 13.3 Å². The number of sulfonamides is 1. The van der Waals surface area contributed by atoms with Crippen molar-refractivity contribution in [3.63, 3.8) is 0 Å². The molecule has 1 saturated carbocycles. The van der Waals surface area contributed by atoms with Gasteiger partial charge in [0.2, 0.25) is 0 Å². The van der Waals surface area contributed by atoms with E-state index >= 15 is 0 Å². The summed E-state index contributed by atoms with van der Waals surface area (Å²) in [5.74, 6) is -0.784. The zero-order valence-electron chi connectivity index (χ0n) is 20.5. The molecule has 2 amide bonds. The summed E-state index contributed by atoms with van der Waals surface area (Å²) in [7, 11) is -3.99. The van der Waals surface area contributed by atoms with Crippen LogP contribution in [0.3, 0.4) is 0 Å². The van der Waals surface area contributed by atoms with Crippen molar-refractivity contribution in [3.05, 3.63) is 95.2 Å². The van der Waals surface area contributed by atoms with E-state index in [0.29, 0.717) is 5.70 Å². The minimum Gasteiger partial charge on any atom is -0.279 e. The zero-order valence-corrected chi connectivity index (χ0v) is 21.3. The molecule has 1 aliphatic heterocycles. The van der Waals surface area contributed by atoms with Crippen LogP contribution in [0.25, 0.3) is 0 Å². The largest absolute Gasteiger partial charge is 0.279 e. The van der Waals surface area contributed by atoms with Gasteiger partial charge in [0.15, 0.2) is 0 Å². The number of carbonyl (C=O) groups is 2. The monoisotopic (exact) mass is 490 g/mol. The molecule has 2 aromatic carbocycles. The first-order valence-corrected chi connectivity index (χ1v) is 13.1. The molecule has 0 unspecified atom stereocenters. The SMILES string of the molecule is C=C/C=C\C(=C/C)N1C(=O)c2c(NS(=O)(=O)c3ccc(C(C)(C)C)cc3)ccc(C3CC3)c2C1=O. The minimum absolute atomic E-state index is 0.0854. The highest BCUT2D eigenvalue weighted by atomic mass is 32.2. The molecular weight excluding hydrogens is 460 g/mol. The first kappa shape index (κ1) is 24.7. The summed E-state index contributed by atoms with van der Waals surface area (Å²) < 4.78 is 29.1. The first-order valence-electron chi connectivity index (χ1n) is 11.6. The second-order valence-electron chi connectivity index (χ2n) is 9.86. The molecule has 2 aliphatic rings. The molecule has 1 aliphatic carbocycles. The predicted octanol–water partition coefficient (Wildman–Crippen LogP) is 5.90. The number of anilines is 1. The zero-order chi connectivity index (χ0) is 25.5. The lowest BCUT2D eigenvalue weighted by atomic mass is 9.87. The van der Waals surface area contributed by atoms with Crippen LogP contribution >= 0.6 is 0 Å². The predicted molar refractivity (Wildman–Crippen MR) is 138 cm³/mol. The van der Waals surface area contributed by atoms with Gasteiger partial charge in [0.1, 0.15) is 0 Å². The van der Waals surface area contributed by atoms with E-state index in [-0.39, 0.29) is 33.0 Å². The van der Waals surface area contributed by atoms with E-state index in [2.05, 4.69) is 32.1 Å². The molecule has 0 radical (unpaired) electrons. The van der Waals surface area contributed by atoms with Crippen molar-refractivity contribution in [1.29, 1.82) is 0 Å². The highest BCUT2D eigenvalue weighted by molar-refractivity contribution is 7.92. The highest BCUT2D eigenvalue weighted by Gasteiger charge is 2.43. The third-order valence-electron chi connectivity index (χ3n) is 6.32. The van der Waals surface area contributed by atoms with Crippen LogP contribution in [-0.2, 0) is 15.4 Å². The summed E-state index contributed by atoms with van der Waals surface area (Å²) in [6.07, 6.45) is 8.37. The Kier molecular flexibility index (Phi) is 6.32. The van der Waals surface area contributed by atoms with Crippen LogP contribution in [0.15, 0.2) is 77.9 Å². The van der Waals surface area contributed by atoms with Gasteiger partial charge in [0.05, 0.1) is 21.7 Å². The van der Waals surface area contributed by atoms with Crippen molar-refractivity contribution < 1.29 is 18.0 Å². The molecule has 0 spiro atoms. The lowest BCUT2D eigenvalue weighted by molar-refractivity contribution is 0.0709. The van der Waals surface area contributed by atoms with Gasteiger partial charge in [0.25, 0.3) is 21.8 Å². The van der Waals surface area contributed by atoms with Crippen molar-refractivity contribution in [2.24, 2.45) is 0 Å². The number of hydrogen-bond donors (Lipinski definition) is 1. The molecule has 6 nitrogen and oxygen atoms in total. The summed E-state index contributed by atoms with van der Waals surface area (Å²) in [5.41, 5.74) is 2.58. The molecule has 1 N–H and O–H groups in total. The molecule has 1 fully saturated rings. The normalized spacial score (nSPS) is 16.7. The lowest BCUT2D eigenvalue weighted by Gasteiger charge is -2.19. The van der Waals surface area contributed by atoms with Crippen molar-refractivity contribution in [3.8, 4) is 0 Å². The number of allylic oxidation sites excluding steroid dienone is 4. The van der Waals surface area contributed by atoms with E-state index in [1.165, 1.54) is 0 Å². The molecule has 182 valence electrons. The molecule has 2 aromatic rings. The Morgan fingerprint density at radius 3 is 2.20 bits per heavy atom. The Hall–Kier alpha value is -3.45. The van der Waals surface area contributed by atoms with E-state index in [1.54, 1.807) is 67.6 Å². The van der Waals surface area contributed by atoms with Gasteiger partial charge >= 0.3 is 0 Å². The van der Waals surface area contributed by atoms with E-state index in [9.17, 15) is 18.0 Å². The van der Waals surface area contributed by atoms with Gasteiger partial charge in [-0.3, -0.25) is 14.3 Å². The molecular formula is C28H30N2O4S. The van der Waals surface area contributed by atoms with Crippen molar-refractivity contribution >= 4 is 27.5 Å². The number of rotatable bonds is 7. The number of fused-ring (bicyclic) bond motifs is 1. The topological polar surface area (TPSA) is 83.6 Å². The average molecular weight is 491 g/mol. The van der Waals surface area contributed by atoms with Crippen LogP contribution in [0.5, 0.6) is 0 Å². The van der Waals surface area contributed by atoms with E-state index in [4.69, 9.17) is 0 Å². The van der Waals surface area contributed by atoms with Crippen LogP contribution in [-0.4, -0.2) is 25.1 Å². The average Bonchev–Trinajstić information content (AvgIpc) is 3.61. The maximum atomic E-state index is 13.5. The van der Waals surface area contributed by atoms with Crippen LogP contribution in [0, 0.1) is 0 Å². The van der Waals surface area contributed by atoms with E-state index < -0.39 is 21.8 Å². The van der Waals surface area contributed by atoms with Crippen molar-refractivity contribution in [2.75, 3.05) is 4.72 Å². The standard InChI is InChI=1S/C28H30N2O4S/c1-6-8-9-20(7-2)30-26(31)24-22(18-10-11-18)16-17-23(25(24)27(30)32)29-35(33,34)21-14-12-19(13-15-21)28(3,4)5/h6-9,12-18,29H,1,10-11H2,2-5H3/b9-8-,20-7+. The van der Waals surface area contributed by atoms with E-state index in [1.807, 2.05) is 0 Å². The minimum atomic E-state index is -3.99. The fraction of sp³-hybridized carbons (Fsp3) is 0.286. The number of imide groups is 1. The molecule has 0 bridgehead atoms. The van der Waals surface area contributed by atoms with Gasteiger partial charge in [-0.2, -0.15) is 0 Å². The first-order chi connectivity index (χ1) is 16.5. The summed E-state index contributed by atoms with van der Waals surface area (Å²) >= 11 is 0. The second kappa shape index (κ2) is 8.96. The quantitative estimate of drug-likeness (QED) is 0.387. The second-order valence-corrected chi connectivity index (χ2v) is 11.5. The number of nitrogens with zero attached hydrogens (tertiary/aromatic N) is 1. The smallest absolute Gasteiger partial charge is 0.268 e. The maximum absolute atomic E-state index is 13.5. The molecule has 4 rings (SSSR count). The van der Waals surface area contributed by atoms with Crippen LogP contribution in [0.4, 0.5) is 5.69 Å². The summed E-state index contributed by atoms with van der Waals surface area (Å²) in [4.78, 5) is 28.2. The molecule has 1 heterocycles. The lowest BCUT2D eigenvalue weighted by Crippen LogP contribution is -2.28. The number of hydrogen-bond acceptors (Lipinski definition) is 4. The van der Waals surface area contributed by atoms with Gasteiger partial charge in [-0.15, -0.1) is 0 Å². The Morgan fingerprint density at radius 1 is 1.03 bits per heavy atom. The number of nitrogens with one attached hydrogen (secondary N) is 1. The maximum Gasteiger partial charge on any atom is 0.268 e. The number of carbonyl (C=O) groups excluding carboxylic acids is 2. The molecule has 35 heavy (non-hydrogen) atoms. The van der Waals surface area contributed by atoms with Crippen LogP contribution in [0.1, 0.15) is 78.3 Å². The fourth-order valence-corrected chi connectivity index (χ4v) is 5.32. The van der Waals surface area contributed by atoms with Gasteiger partial charge in [-0.05, 0) is 66.5 Å². The van der Waals surface area contributed by atoms with E-state index in [0.717, 1.165) is 28.9 Å². The Labute approximate surface area is 207 Å². The summed E-state index contributed by atoms with van der Waals surface area (Å²) in [6.45, 7) is 11.5. The Balaban J connectivity index is 1.77. The molecule has 0 saturated heterocycles. The van der Waals surface area contributed by atoms with Crippen molar-refractivity contribution in [2.45, 2.75) is 56.8 Å². The third kappa shape index (κ3) is 4.60. The van der Waals surface area contributed by atoms with Gasteiger partial charge in [0, 0.05) is 5.70 Å². The number of amides is 2. The van der Waals surface area contributed by atoms with Gasteiger partial charge < -0.3 is 0 Å². The summed E-state index contributed by atoms with van der Waals surface area (Å²) in [6, 6.07) is 10.0. The molecule has 0 atom stereocenters. The van der Waals surface area contributed by atoms with Crippen LogP contribution < -0.4 is 4.72 Å². The Morgan fingerprint density at radius 2 is 1.66 bits per heavy atom. The fourth-order valence-electron chi connectivity index (χ4n) is 4.25. The third-order valence-corrected chi connectivity index (χ3v) is 7.70. The number of benzene rings is 2. The molecule has 0 aromatic heterocycles. The van der Waals surface area contributed by atoms with Crippen LogP contribution in [0.2, 0.25) is 0 Å². The molecule has 7 heteroatoms. The Bertz CT molecular complexity index is 1370. The highest BCUT2D eigenvalue weighted by Crippen LogP contribution is 2.46. The van der Waals surface area contributed by atoms with Gasteiger partial charge in [-0.1, -0.05) is 63.8 Å².